The lowest BCUT2D eigenvalue weighted by Gasteiger charge is -2.39. The molecule has 0 radical (unpaired) electrons. The van der Waals surface area contributed by atoms with Crippen LogP contribution in [0, 0.1) is 0 Å². The molecule has 1 aromatic rings. The fourth-order valence-corrected chi connectivity index (χ4v) is 2.45. The van der Waals surface area contributed by atoms with E-state index in [0.717, 1.165) is 13.1 Å². The summed E-state index contributed by atoms with van der Waals surface area (Å²) >= 11 is 0. The largest absolute Gasteiger partial charge is 0.332 e. The highest BCUT2D eigenvalue weighted by Crippen LogP contribution is 2.23. The Morgan fingerprint density at radius 1 is 1.29 bits per heavy atom. The summed E-state index contributed by atoms with van der Waals surface area (Å²) in [5.41, 5.74) is -0.445. The van der Waals surface area contributed by atoms with Gasteiger partial charge in [0.15, 0.2) is 5.82 Å². The van der Waals surface area contributed by atoms with Gasteiger partial charge in [-0.3, -0.25) is 9.69 Å². The molecule has 0 aliphatic carbocycles. The lowest BCUT2D eigenvalue weighted by atomic mass is 9.93. The Kier molecular flexibility index (Phi) is 3.33. The van der Waals surface area contributed by atoms with E-state index in [9.17, 15) is 4.79 Å². The smallest absolute Gasteiger partial charge is 0.217 e. The normalized spacial score (nSPS) is 18.3. The number of rotatable bonds is 3. The number of hydrogen-bond donors (Lipinski definition) is 0. The second kappa shape index (κ2) is 4.61. The van der Waals surface area contributed by atoms with Gasteiger partial charge in [-0.15, -0.1) is 0 Å². The van der Waals surface area contributed by atoms with Crippen molar-refractivity contribution in [2.24, 2.45) is 7.05 Å². The zero-order chi connectivity index (χ0) is 12.5. The van der Waals surface area contributed by atoms with Crippen molar-refractivity contribution in [3.05, 3.63) is 18.2 Å². The van der Waals surface area contributed by atoms with E-state index in [1.54, 1.807) is 10.8 Å². The van der Waals surface area contributed by atoms with Crippen LogP contribution < -0.4 is 0 Å². The summed E-state index contributed by atoms with van der Waals surface area (Å²) in [7, 11) is 1.87. The first-order valence-corrected chi connectivity index (χ1v) is 6.30. The fourth-order valence-electron chi connectivity index (χ4n) is 2.45. The van der Waals surface area contributed by atoms with Gasteiger partial charge in [0.25, 0.3) is 0 Å². The molecule has 0 amide bonds. The average Bonchev–Trinajstić information content (AvgIpc) is 2.75. The maximum Gasteiger partial charge on any atom is 0.217 e. The Bertz CT molecular complexity index is 403. The Hall–Kier alpha value is -1.16. The summed E-state index contributed by atoms with van der Waals surface area (Å²) in [4.78, 5) is 19.0. The number of carbonyl (C=O) groups is 1. The van der Waals surface area contributed by atoms with Gasteiger partial charge in [0, 0.05) is 19.4 Å². The van der Waals surface area contributed by atoms with Crippen LogP contribution in [-0.2, 0) is 7.05 Å². The number of Topliss-reactive ketones (excluding diaryl/α,β-unsaturated/α-hetero) is 1. The van der Waals surface area contributed by atoms with Crippen molar-refractivity contribution in [1.29, 1.82) is 0 Å². The molecular weight excluding hydrogens is 214 g/mol. The van der Waals surface area contributed by atoms with Gasteiger partial charge in [0.2, 0.25) is 5.78 Å². The van der Waals surface area contributed by atoms with Crippen LogP contribution in [0.15, 0.2) is 12.4 Å². The number of aryl methyl sites for hydroxylation is 1. The van der Waals surface area contributed by atoms with Crippen LogP contribution in [0.4, 0.5) is 0 Å². The molecule has 0 aromatic carbocycles. The first kappa shape index (κ1) is 12.3. The molecule has 0 N–H and O–H groups in total. The summed E-state index contributed by atoms with van der Waals surface area (Å²) in [5, 5.41) is 0. The molecule has 0 spiro atoms. The van der Waals surface area contributed by atoms with E-state index >= 15 is 0 Å². The van der Waals surface area contributed by atoms with E-state index in [0.29, 0.717) is 5.82 Å². The molecule has 0 unspecified atom stereocenters. The topological polar surface area (TPSA) is 38.1 Å². The molecular formula is C13H21N3O. The van der Waals surface area contributed by atoms with Crippen LogP contribution in [-0.4, -0.2) is 38.9 Å². The molecule has 2 rings (SSSR count). The van der Waals surface area contributed by atoms with Crippen molar-refractivity contribution in [3.8, 4) is 0 Å². The summed E-state index contributed by atoms with van der Waals surface area (Å²) in [6.07, 6.45) is 7.16. The molecule has 17 heavy (non-hydrogen) atoms. The Labute approximate surface area is 103 Å². The molecule has 0 bridgehead atoms. The molecule has 1 aliphatic heterocycles. The predicted octanol–water partition coefficient (Wildman–Crippen LogP) is 1.87. The van der Waals surface area contributed by atoms with Crippen molar-refractivity contribution < 1.29 is 4.79 Å². The standard InChI is InChI=1S/C13H21N3O/c1-13(2,16-8-5-4-6-9-16)11(17)12-14-7-10-15(12)3/h7,10H,4-6,8-9H2,1-3H3. The fraction of sp³-hybridized carbons (Fsp3) is 0.692. The number of imidazole rings is 1. The third-order valence-electron chi connectivity index (χ3n) is 3.73. The van der Waals surface area contributed by atoms with Gasteiger partial charge in [0.05, 0.1) is 5.54 Å². The highest BCUT2D eigenvalue weighted by atomic mass is 16.1. The minimum Gasteiger partial charge on any atom is -0.332 e. The first-order chi connectivity index (χ1) is 8.03. The first-order valence-electron chi connectivity index (χ1n) is 6.30. The lowest BCUT2D eigenvalue weighted by molar-refractivity contribution is 0.0565. The number of hydrogen-bond acceptors (Lipinski definition) is 3. The molecule has 0 saturated carbocycles. The van der Waals surface area contributed by atoms with Crippen molar-refractivity contribution >= 4 is 5.78 Å². The minimum atomic E-state index is -0.445. The Morgan fingerprint density at radius 2 is 1.94 bits per heavy atom. The molecule has 0 atom stereocenters. The van der Waals surface area contributed by atoms with E-state index in [4.69, 9.17) is 0 Å². The third-order valence-corrected chi connectivity index (χ3v) is 3.73. The Morgan fingerprint density at radius 3 is 2.47 bits per heavy atom. The van der Waals surface area contributed by atoms with Gasteiger partial charge in [-0.05, 0) is 39.8 Å². The van der Waals surface area contributed by atoms with Crippen molar-refractivity contribution in [3.63, 3.8) is 0 Å². The van der Waals surface area contributed by atoms with E-state index in [-0.39, 0.29) is 5.78 Å². The number of ketones is 1. The molecule has 4 heteroatoms. The van der Waals surface area contributed by atoms with Crippen LogP contribution in [0.2, 0.25) is 0 Å². The number of likely N-dealkylation sites (tertiary alicyclic amines) is 1. The highest BCUT2D eigenvalue weighted by Gasteiger charge is 2.37. The van der Waals surface area contributed by atoms with Gasteiger partial charge in [-0.25, -0.2) is 4.98 Å². The molecule has 1 saturated heterocycles. The monoisotopic (exact) mass is 235 g/mol. The van der Waals surface area contributed by atoms with Gasteiger partial charge < -0.3 is 4.57 Å². The van der Waals surface area contributed by atoms with Crippen LogP contribution in [0.1, 0.15) is 43.7 Å². The van der Waals surface area contributed by atoms with Crippen molar-refractivity contribution in [2.45, 2.75) is 38.6 Å². The van der Waals surface area contributed by atoms with Crippen molar-refractivity contribution in [1.82, 2.24) is 14.5 Å². The second-order valence-electron chi connectivity index (χ2n) is 5.30. The van der Waals surface area contributed by atoms with Crippen LogP contribution in [0.5, 0.6) is 0 Å². The molecule has 4 nitrogen and oxygen atoms in total. The van der Waals surface area contributed by atoms with Crippen LogP contribution >= 0.6 is 0 Å². The number of aromatic nitrogens is 2. The second-order valence-corrected chi connectivity index (χ2v) is 5.30. The van der Waals surface area contributed by atoms with Gasteiger partial charge in [0.1, 0.15) is 0 Å². The summed E-state index contributed by atoms with van der Waals surface area (Å²) in [5.74, 6) is 0.674. The summed E-state index contributed by atoms with van der Waals surface area (Å²) < 4.78 is 1.80. The zero-order valence-corrected chi connectivity index (χ0v) is 10.9. The quantitative estimate of drug-likeness (QED) is 0.751. The van der Waals surface area contributed by atoms with E-state index in [2.05, 4.69) is 9.88 Å². The van der Waals surface area contributed by atoms with E-state index in [1.807, 2.05) is 27.1 Å². The predicted molar refractivity (Wildman–Crippen MR) is 67.0 cm³/mol. The third kappa shape index (κ3) is 2.27. The summed E-state index contributed by atoms with van der Waals surface area (Å²) in [6, 6.07) is 0. The zero-order valence-electron chi connectivity index (χ0n) is 10.9. The molecule has 1 aliphatic rings. The molecule has 1 aromatic heterocycles. The van der Waals surface area contributed by atoms with E-state index in [1.165, 1.54) is 19.3 Å². The van der Waals surface area contributed by atoms with Gasteiger partial charge >= 0.3 is 0 Å². The molecule has 2 heterocycles. The average molecular weight is 235 g/mol. The van der Waals surface area contributed by atoms with Crippen LogP contribution in [0.25, 0.3) is 0 Å². The Balaban J connectivity index is 2.19. The molecule has 94 valence electrons. The van der Waals surface area contributed by atoms with Gasteiger partial charge in [-0.2, -0.15) is 0 Å². The molecule has 1 fully saturated rings. The van der Waals surface area contributed by atoms with E-state index < -0.39 is 5.54 Å². The number of carbonyl (C=O) groups excluding carboxylic acids is 1. The SMILES string of the molecule is Cn1ccnc1C(=O)C(C)(C)N1CCCCC1. The lowest BCUT2D eigenvalue weighted by Crippen LogP contribution is -2.52. The number of nitrogens with zero attached hydrogens (tertiary/aromatic N) is 3. The van der Waals surface area contributed by atoms with Crippen molar-refractivity contribution in [2.75, 3.05) is 13.1 Å². The maximum atomic E-state index is 12.5. The number of piperidine rings is 1. The van der Waals surface area contributed by atoms with Crippen LogP contribution in [0.3, 0.4) is 0 Å². The summed E-state index contributed by atoms with van der Waals surface area (Å²) in [6.45, 7) is 6.05. The minimum absolute atomic E-state index is 0.118. The highest BCUT2D eigenvalue weighted by molar-refractivity contribution is 5.99. The maximum absolute atomic E-state index is 12.5. The van der Waals surface area contributed by atoms with Gasteiger partial charge in [-0.1, -0.05) is 6.42 Å².